The van der Waals surface area contributed by atoms with E-state index in [1.165, 1.54) is 0 Å². The van der Waals surface area contributed by atoms with Gasteiger partial charge in [0.1, 0.15) is 0 Å². The van der Waals surface area contributed by atoms with Gasteiger partial charge in [-0.2, -0.15) is 0 Å². The molecule has 0 bridgehead atoms. The van der Waals surface area contributed by atoms with Crippen LogP contribution in [-0.2, 0) is 4.79 Å². The Morgan fingerprint density at radius 3 is 2.64 bits per heavy atom. The van der Waals surface area contributed by atoms with Crippen LogP contribution in [0.2, 0.25) is 0 Å². The zero-order chi connectivity index (χ0) is 10.6. The van der Waals surface area contributed by atoms with Crippen LogP contribution in [0.25, 0.3) is 0 Å². The number of hydrogen-bond donors (Lipinski definition) is 3. The van der Waals surface area contributed by atoms with Gasteiger partial charge in [0, 0.05) is 19.0 Å². The monoisotopic (exact) mass is 200 g/mol. The van der Waals surface area contributed by atoms with E-state index in [1.54, 1.807) is 6.92 Å². The number of primary amides is 1. The van der Waals surface area contributed by atoms with Crippen LogP contribution in [0.15, 0.2) is 0 Å². The zero-order valence-corrected chi connectivity index (χ0v) is 8.75. The zero-order valence-electron chi connectivity index (χ0n) is 8.75. The molecule has 1 atom stereocenters. The number of aliphatic hydroxyl groups is 1. The number of amides is 1. The minimum atomic E-state index is -0.544. The predicted molar refractivity (Wildman–Crippen MR) is 54.6 cm³/mol. The standard InChI is InChI=1S/C10H20N2O2/c1-8(9(11)13)6-12-7-10(14)4-2-3-5-10/h8,12,14H,2-7H2,1H3,(H2,11,13). The predicted octanol–water partition coefficient (Wildman–Crippen LogP) is 0.00250. The van der Waals surface area contributed by atoms with Crippen molar-refractivity contribution in [1.82, 2.24) is 5.32 Å². The van der Waals surface area contributed by atoms with Gasteiger partial charge in [0.2, 0.25) is 5.91 Å². The Kier molecular flexibility index (Phi) is 3.89. The fraction of sp³-hybridized carbons (Fsp3) is 0.900. The first-order chi connectivity index (χ1) is 6.53. The van der Waals surface area contributed by atoms with Gasteiger partial charge in [-0.25, -0.2) is 0 Å². The molecular weight excluding hydrogens is 180 g/mol. The maximum absolute atomic E-state index is 10.7. The van der Waals surface area contributed by atoms with Crippen LogP contribution in [0, 0.1) is 5.92 Å². The number of carbonyl (C=O) groups is 1. The molecule has 0 spiro atoms. The van der Waals surface area contributed by atoms with E-state index in [-0.39, 0.29) is 11.8 Å². The van der Waals surface area contributed by atoms with Gasteiger partial charge in [-0.05, 0) is 12.8 Å². The number of nitrogens with two attached hydrogens (primary N) is 1. The fourth-order valence-electron chi connectivity index (χ4n) is 1.83. The highest BCUT2D eigenvalue weighted by Gasteiger charge is 2.30. The van der Waals surface area contributed by atoms with Crippen LogP contribution < -0.4 is 11.1 Å². The molecule has 1 unspecified atom stereocenters. The number of hydrogen-bond acceptors (Lipinski definition) is 3. The number of rotatable bonds is 5. The summed E-state index contributed by atoms with van der Waals surface area (Å²) in [5.41, 5.74) is 4.58. The summed E-state index contributed by atoms with van der Waals surface area (Å²) in [7, 11) is 0. The third kappa shape index (κ3) is 3.27. The molecule has 82 valence electrons. The summed E-state index contributed by atoms with van der Waals surface area (Å²) in [5.74, 6) is -0.462. The third-order valence-corrected chi connectivity index (χ3v) is 2.92. The molecule has 1 aliphatic rings. The second-order valence-corrected chi connectivity index (χ2v) is 4.37. The fourth-order valence-corrected chi connectivity index (χ4v) is 1.83. The molecule has 0 aliphatic heterocycles. The first kappa shape index (κ1) is 11.5. The smallest absolute Gasteiger partial charge is 0.221 e. The summed E-state index contributed by atoms with van der Waals surface area (Å²) in [6, 6.07) is 0. The Hall–Kier alpha value is -0.610. The van der Waals surface area contributed by atoms with Gasteiger partial charge in [-0.15, -0.1) is 0 Å². The van der Waals surface area contributed by atoms with Crippen molar-refractivity contribution >= 4 is 5.91 Å². The van der Waals surface area contributed by atoms with Crippen molar-refractivity contribution < 1.29 is 9.90 Å². The highest BCUT2D eigenvalue weighted by Crippen LogP contribution is 2.28. The van der Waals surface area contributed by atoms with E-state index in [0.29, 0.717) is 13.1 Å². The second-order valence-electron chi connectivity index (χ2n) is 4.37. The van der Waals surface area contributed by atoms with Gasteiger partial charge in [-0.3, -0.25) is 4.79 Å². The lowest BCUT2D eigenvalue weighted by atomic mass is 10.0. The van der Waals surface area contributed by atoms with Gasteiger partial charge < -0.3 is 16.2 Å². The maximum Gasteiger partial charge on any atom is 0.221 e. The Balaban J connectivity index is 2.17. The molecule has 1 aliphatic carbocycles. The topological polar surface area (TPSA) is 75.3 Å². The summed E-state index contributed by atoms with van der Waals surface area (Å²) in [6.45, 7) is 2.91. The first-order valence-corrected chi connectivity index (χ1v) is 5.26. The van der Waals surface area contributed by atoms with Gasteiger partial charge in [-0.1, -0.05) is 19.8 Å². The highest BCUT2D eigenvalue weighted by molar-refractivity contribution is 5.76. The summed E-state index contributed by atoms with van der Waals surface area (Å²) in [5, 5.41) is 13.1. The Morgan fingerprint density at radius 2 is 2.14 bits per heavy atom. The molecule has 0 radical (unpaired) electrons. The lowest BCUT2D eigenvalue weighted by molar-refractivity contribution is -0.121. The molecule has 14 heavy (non-hydrogen) atoms. The molecule has 1 saturated carbocycles. The van der Waals surface area contributed by atoms with E-state index in [2.05, 4.69) is 5.32 Å². The Bertz CT molecular complexity index is 200. The third-order valence-electron chi connectivity index (χ3n) is 2.92. The number of nitrogens with one attached hydrogen (secondary N) is 1. The largest absolute Gasteiger partial charge is 0.389 e. The summed E-state index contributed by atoms with van der Waals surface area (Å²) in [6.07, 6.45) is 3.93. The second kappa shape index (κ2) is 4.75. The lowest BCUT2D eigenvalue weighted by Crippen LogP contribution is -2.41. The van der Waals surface area contributed by atoms with Gasteiger partial charge in [0.25, 0.3) is 0 Å². The molecule has 1 amide bonds. The Morgan fingerprint density at radius 1 is 1.57 bits per heavy atom. The van der Waals surface area contributed by atoms with Gasteiger partial charge in [0.05, 0.1) is 5.60 Å². The van der Waals surface area contributed by atoms with Gasteiger partial charge in [0.15, 0.2) is 0 Å². The van der Waals surface area contributed by atoms with Crippen molar-refractivity contribution in [3.63, 3.8) is 0 Å². The summed E-state index contributed by atoms with van der Waals surface area (Å²) in [4.78, 5) is 10.7. The van der Waals surface area contributed by atoms with Crippen molar-refractivity contribution in [2.24, 2.45) is 11.7 Å². The molecule has 1 fully saturated rings. The summed E-state index contributed by atoms with van der Waals surface area (Å²) >= 11 is 0. The lowest BCUT2D eigenvalue weighted by Gasteiger charge is -2.23. The van der Waals surface area contributed by atoms with E-state index in [0.717, 1.165) is 25.7 Å². The SMILES string of the molecule is CC(CNCC1(O)CCCC1)C(N)=O. The maximum atomic E-state index is 10.7. The van der Waals surface area contributed by atoms with Crippen LogP contribution in [0.3, 0.4) is 0 Å². The van der Waals surface area contributed by atoms with Crippen LogP contribution >= 0.6 is 0 Å². The number of carbonyl (C=O) groups excluding carboxylic acids is 1. The molecule has 4 heteroatoms. The van der Waals surface area contributed by atoms with E-state index in [4.69, 9.17) is 5.73 Å². The molecular formula is C10H20N2O2. The molecule has 0 aromatic carbocycles. The van der Waals surface area contributed by atoms with Crippen LogP contribution in [0.5, 0.6) is 0 Å². The Labute approximate surface area is 84.9 Å². The van der Waals surface area contributed by atoms with Crippen molar-refractivity contribution in [2.45, 2.75) is 38.2 Å². The molecule has 4 nitrogen and oxygen atoms in total. The molecule has 4 N–H and O–H groups in total. The van der Waals surface area contributed by atoms with Crippen LogP contribution in [-0.4, -0.2) is 29.7 Å². The van der Waals surface area contributed by atoms with Gasteiger partial charge >= 0.3 is 0 Å². The van der Waals surface area contributed by atoms with E-state index in [9.17, 15) is 9.90 Å². The van der Waals surface area contributed by atoms with Crippen molar-refractivity contribution in [2.75, 3.05) is 13.1 Å². The molecule has 0 heterocycles. The molecule has 0 saturated heterocycles. The average Bonchev–Trinajstić information content (AvgIpc) is 2.52. The van der Waals surface area contributed by atoms with Crippen molar-refractivity contribution in [1.29, 1.82) is 0 Å². The summed E-state index contributed by atoms with van der Waals surface area (Å²) < 4.78 is 0. The normalized spacial score (nSPS) is 22.1. The molecule has 0 aromatic rings. The highest BCUT2D eigenvalue weighted by atomic mass is 16.3. The van der Waals surface area contributed by atoms with Crippen molar-refractivity contribution in [3.8, 4) is 0 Å². The van der Waals surface area contributed by atoms with Crippen LogP contribution in [0.4, 0.5) is 0 Å². The van der Waals surface area contributed by atoms with E-state index < -0.39 is 5.60 Å². The quantitative estimate of drug-likeness (QED) is 0.585. The van der Waals surface area contributed by atoms with E-state index >= 15 is 0 Å². The molecule has 0 aromatic heterocycles. The van der Waals surface area contributed by atoms with E-state index in [1.807, 2.05) is 0 Å². The first-order valence-electron chi connectivity index (χ1n) is 5.26. The van der Waals surface area contributed by atoms with Crippen molar-refractivity contribution in [3.05, 3.63) is 0 Å². The minimum absolute atomic E-state index is 0.167. The molecule has 1 rings (SSSR count). The van der Waals surface area contributed by atoms with Crippen LogP contribution in [0.1, 0.15) is 32.6 Å². The average molecular weight is 200 g/mol. The minimum Gasteiger partial charge on any atom is -0.389 e.